The van der Waals surface area contributed by atoms with E-state index in [1.54, 1.807) is 6.07 Å². The number of hydrogen-bond donors (Lipinski definition) is 2. The highest BCUT2D eigenvalue weighted by Gasteiger charge is 2.26. The largest absolute Gasteiger partial charge is 0.506 e. The van der Waals surface area contributed by atoms with Crippen molar-refractivity contribution in [2.75, 3.05) is 32.9 Å². The zero-order valence-corrected chi connectivity index (χ0v) is 11.3. The Labute approximate surface area is 113 Å². The molecule has 1 atom stereocenters. The van der Waals surface area contributed by atoms with E-state index in [-0.39, 0.29) is 11.9 Å². The Balaban J connectivity index is 2.01. The minimum Gasteiger partial charge on any atom is -0.506 e. The van der Waals surface area contributed by atoms with E-state index < -0.39 is 0 Å². The van der Waals surface area contributed by atoms with Gasteiger partial charge < -0.3 is 24.6 Å². The van der Waals surface area contributed by atoms with E-state index in [1.165, 1.54) is 0 Å². The Bertz CT molecular complexity index is 460. The van der Waals surface area contributed by atoms with Gasteiger partial charge in [0.05, 0.1) is 12.7 Å². The first kappa shape index (κ1) is 12.1. The van der Waals surface area contributed by atoms with Crippen molar-refractivity contribution in [3.63, 3.8) is 0 Å². The van der Waals surface area contributed by atoms with Crippen molar-refractivity contribution < 1.29 is 19.3 Å². The van der Waals surface area contributed by atoms with Gasteiger partial charge in [0, 0.05) is 18.7 Å². The van der Waals surface area contributed by atoms with Crippen LogP contribution in [0.25, 0.3) is 0 Å². The molecule has 3 rings (SSSR count). The number of nitrogens with one attached hydrogen (secondary N) is 1. The molecule has 1 aromatic rings. The summed E-state index contributed by atoms with van der Waals surface area (Å²) in [6, 6.07) is 1.80. The van der Waals surface area contributed by atoms with Crippen molar-refractivity contribution in [3.8, 4) is 17.2 Å². The fourth-order valence-electron chi connectivity index (χ4n) is 2.17. The molecule has 0 bridgehead atoms. The standard InChI is InChI=1S/C12H14BrNO4/c13-10-11(15)7(9-6-14-1-2-16-9)5-8-12(10)18-4-3-17-8/h5,9,14-15H,1-4,6H2. The van der Waals surface area contributed by atoms with E-state index in [9.17, 15) is 5.11 Å². The van der Waals surface area contributed by atoms with Crippen molar-refractivity contribution in [3.05, 3.63) is 16.1 Å². The second-order valence-corrected chi connectivity index (χ2v) is 5.01. The van der Waals surface area contributed by atoms with Crippen molar-refractivity contribution in [1.29, 1.82) is 0 Å². The first-order chi connectivity index (χ1) is 8.77. The number of hydrogen-bond acceptors (Lipinski definition) is 5. The Morgan fingerprint density at radius 2 is 2.11 bits per heavy atom. The fraction of sp³-hybridized carbons (Fsp3) is 0.500. The zero-order chi connectivity index (χ0) is 12.5. The monoisotopic (exact) mass is 315 g/mol. The molecule has 1 unspecified atom stereocenters. The van der Waals surface area contributed by atoms with Crippen LogP contribution in [0.4, 0.5) is 0 Å². The van der Waals surface area contributed by atoms with Crippen LogP contribution in [-0.4, -0.2) is 38.0 Å². The van der Waals surface area contributed by atoms with E-state index in [0.717, 1.165) is 12.1 Å². The number of fused-ring (bicyclic) bond motifs is 1. The van der Waals surface area contributed by atoms with Crippen LogP contribution in [-0.2, 0) is 4.74 Å². The van der Waals surface area contributed by atoms with Crippen molar-refractivity contribution in [1.82, 2.24) is 5.32 Å². The maximum absolute atomic E-state index is 10.2. The van der Waals surface area contributed by atoms with Crippen molar-refractivity contribution >= 4 is 15.9 Å². The van der Waals surface area contributed by atoms with Gasteiger partial charge in [-0.05, 0) is 22.0 Å². The first-order valence-corrected chi connectivity index (χ1v) is 6.70. The summed E-state index contributed by atoms with van der Waals surface area (Å²) in [5, 5.41) is 13.5. The molecule has 1 aromatic carbocycles. The molecule has 6 heteroatoms. The summed E-state index contributed by atoms with van der Waals surface area (Å²) in [6.07, 6.45) is -0.161. The minimum atomic E-state index is -0.161. The van der Waals surface area contributed by atoms with Crippen molar-refractivity contribution in [2.45, 2.75) is 6.10 Å². The quantitative estimate of drug-likeness (QED) is 0.824. The zero-order valence-electron chi connectivity index (χ0n) is 9.74. The molecule has 2 heterocycles. The third-order valence-electron chi connectivity index (χ3n) is 3.05. The molecule has 2 aliphatic rings. The molecule has 98 valence electrons. The van der Waals surface area contributed by atoms with Gasteiger partial charge >= 0.3 is 0 Å². The molecular formula is C12H14BrNO4. The fourth-order valence-corrected chi connectivity index (χ4v) is 2.70. The SMILES string of the molecule is Oc1c(C2CNCCO2)cc2c(c1Br)OCCO2. The Morgan fingerprint density at radius 3 is 2.89 bits per heavy atom. The number of phenols is 1. The predicted octanol–water partition coefficient (Wildman–Crippen LogP) is 1.59. The molecule has 2 aliphatic heterocycles. The summed E-state index contributed by atoms with van der Waals surface area (Å²) in [4.78, 5) is 0. The van der Waals surface area contributed by atoms with Gasteiger partial charge in [-0.3, -0.25) is 0 Å². The van der Waals surface area contributed by atoms with Gasteiger partial charge in [-0.15, -0.1) is 0 Å². The number of rotatable bonds is 1. The van der Waals surface area contributed by atoms with Crippen LogP contribution >= 0.6 is 15.9 Å². The lowest BCUT2D eigenvalue weighted by Gasteiger charge is -2.27. The van der Waals surface area contributed by atoms with Crippen LogP contribution in [0.1, 0.15) is 11.7 Å². The second kappa shape index (κ2) is 4.95. The summed E-state index contributed by atoms with van der Waals surface area (Å²) in [6.45, 7) is 3.16. The predicted molar refractivity (Wildman–Crippen MR) is 68.4 cm³/mol. The summed E-state index contributed by atoms with van der Waals surface area (Å²) < 4.78 is 17.2. The molecule has 0 aliphatic carbocycles. The van der Waals surface area contributed by atoms with E-state index in [1.807, 2.05) is 0 Å². The van der Waals surface area contributed by atoms with Gasteiger partial charge in [-0.25, -0.2) is 0 Å². The molecule has 2 N–H and O–H groups in total. The number of phenolic OH excluding ortho intramolecular Hbond substituents is 1. The van der Waals surface area contributed by atoms with Crippen LogP contribution in [0, 0.1) is 0 Å². The molecule has 5 nitrogen and oxygen atoms in total. The van der Waals surface area contributed by atoms with E-state index in [4.69, 9.17) is 14.2 Å². The van der Waals surface area contributed by atoms with Gasteiger partial charge in [0.1, 0.15) is 23.4 Å². The van der Waals surface area contributed by atoms with Crippen LogP contribution in [0.3, 0.4) is 0 Å². The summed E-state index contributed by atoms with van der Waals surface area (Å²) in [7, 11) is 0. The van der Waals surface area contributed by atoms with Crippen LogP contribution in [0.2, 0.25) is 0 Å². The van der Waals surface area contributed by atoms with Crippen LogP contribution in [0.5, 0.6) is 17.2 Å². The van der Waals surface area contributed by atoms with Crippen molar-refractivity contribution in [2.24, 2.45) is 0 Å². The molecule has 1 saturated heterocycles. The third-order valence-corrected chi connectivity index (χ3v) is 3.79. The Kier molecular flexibility index (Phi) is 3.32. The first-order valence-electron chi connectivity index (χ1n) is 5.90. The van der Waals surface area contributed by atoms with Crippen LogP contribution in [0.15, 0.2) is 10.5 Å². The highest BCUT2D eigenvalue weighted by Crippen LogP contribution is 2.47. The molecule has 0 amide bonds. The van der Waals surface area contributed by atoms with Gasteiger partial charge in [-0.2, -0.15) is 0 Å². The maximum Gasteiger partial charge on any atom is 0.179 e. The van der Waals surface area contributed by atoms with E-state index >= 15 is 0 Å². The maximum atomic E-state index is 10.2. The molecular weight excluding hydrogens is 302 g/mol. The van der Waals surface area contributed by atoms with Gasteiger partial charge in [0.15, 0.2) is 11.5 Å². The highest BCUT2D eigenvalue weighted by molar-refractivity contribution is 9.10. The lowest BCUT2D eigenvalue weighted by atomic mass is 10.1. The lowest BCUT2D eigenvalue weighted by Crippen LogP contribution is -2.33. The minimum absolute atomic E-state index is 0.160. The summed E-state index contributed by atoms with van der Waals surface area (Å²) >= 11 is 3.35. The van der Waals surface area contributed by atoms with Gasteiger partial charge in [0.25, 0.3) is 0 Å². The number of ether oxygens (including phenoxy) is 3. The third kappa shape index (κ3) is 2.04. The number of aromatic hydroxyl groups is 1. The summed E-state index contributed by atoms with van der Waals surface area (Å²) in [5.74, 6) is 1.37. The molecule has 18 heavy (non-hydrogen) atoms. The van der Waals surface area contributed by atoms with E-state index in [2.05, 4.69) is 21.2 Å². The number of halogens is 1. The smallest absolute Gasteiger partial charge is 0.179 e. The molecule has 1 fully saturated rings. The van der Waals surface area contributed by atoms with Crippen LogP contribution < -0.4 is 14.8 Å². The lowest BCUT2D eigenvalue weighted by molar-refractivity contribution is 0.0258. The van der Waals surface area contributed by atoms with Gasteiger partial charge in [0.2, 0.25) is 0 Å². The molecule has 0 radical (unpaired) electrons. The van der Waals surface area contributed by atoms with E-state index in [0.29, 0.717) is 42.3 Å². The average Bonchev–Trinajstić information content (AvgIpc) is 2.44. The number of benzene rings is 1. The molecule has 0 aromatic heterocycles. The summed E-state index contributed by atoms with van der Waals surface area (Å²) in [5.41, 5.74) is 0.721. The normalized spacial score (nSPS) is 22.8. The topological polar surface area (TPSA) is 60.0 Å². The number of morpholine rings is 1. The Morgan fingerprint density at radius 1 is 1.28 bits per heavy atom. The second-order valence-electron chi connectivity index (χ2n) is 4.22. The highest BCUT2D eigenvalue weighted by atomic mass is 79.9. The Hall–Kier alpha value is -0.980. The molecule has 0 saturated carbocycles. The molecule has 0 spiro atoms. The van der Waals surface area contributed by atoms with Gasteiger partial charge in [-0.1, -0.05) is 0 Å². The average molecular weight is 316 g/mol.